The number of oxazole rings is 1. The topological polar surface area (TPSA) is 64.1 Å². The van der Waals surface area contributed by atoms with E-state index >= 15 is 0 Å². The fraction of sp³-hybridized carbons (Fsp3) is 0.133. The van der Waals surface area contributed by atoms with Crippen LogP contribution in [0.4, 0.5) is 17.4 Å². The zero-order valence-corrected chi connectivity index (χ0v) is 10.9. The number of hydrogen-bond donors (Lipinski definition) is 2. The van der Waals surface area contributed by atoms with Crippen LogP contribution in [0.25, 0.3) is 11.1 Å². The maximum atomic E-state index is 5.73. The Bertz CT molecular complexity index is 746. The minimum atomic E-state index is 0.481. The Kier molecular flexibility index (Phi) is 2.63. The Labute approximate surface area is 111 Å². The van der Waals surface area contributed by atoms with Crippen molar-refractivity contribution < 1.29 is 4.42 Å². The van der Waals surface area contributed by atoms with Crippen molar-refractivity contribution in [1.29, 1.82) is 0 Å². The first-order valence-electron chi connectivity index (χ1n) is 6.13. The number of rotatable bonds is 2. The Morgan fingerprint density at radius 3 is 2.84 bits per heavy atom. The molecule has 0 saturated heterocycles. The van der Waals surface area contributed by atoms with Crippen LogP contribution in [0.2, 0.25) is 0 Å². The highest BCUT2D eigenvalue weighted by Crippen LogP contribution is 2.26. The van der Waals surface area contributed by atoms with Crippen LogP contribution >= 0.6 is 0 Å². The second-order valence-electron chi connectivity index (χ2n) is 4.62. The molecule has 0 saturated carbocycles. The second-order valence-corrected chi connectivity index (χ2v) is 4.62. The molecular weight excluding hydrogens is 238 g/mol. The van der Waals surface area contributed by atoms with E-state index in [1.165, 1.54) is 11.1 Å². The van der Waals surface area contributed by atoms with E-state index in [-0.39, 0.29) is 0 Å². The zero-order chi connectivity index (χ0) is 13.4. The van der Waals surface area contributed by atoms with Gasteiger partial charge in [0.2, 0.25) is 0 Å². The Morgan fingerprint density at radius 1 is 1.16 bits per heavy atom. The number of nitrogens with two attached hydrogens (primary N) is 1. The van der Waals surface area contributed by atoms with Gasteiger partial charge >= 0.3 is 0 Å². The highest BCUT2D eigenvalue weighted by molar-refractivity contribution is 5.79. The normalized spacial score (nSPS) is 10.8. The molecule has 96 valence electrons. The van der Waals surface area contributed by atoms with Crippen molar-refractivity contribution in [2.45, 2.75) is 13.8 Å². The van der Waals surface area contributed by atoms with E-state index in [0.29, 0.717) is 11.7 Å². The summed E-state index contributed by atoms with van der Waals surface area (Å²) in [6.07, 6.45) is 0. The summed E-state index contributed by atoms with van der Waals surface area (Å²) in [7, 11) is 0. The maximum absolute atomic E-state index is 5.73. The fourth-order valence-corrected chi connectivity index (χ4v) is 2.00. The minimum Gasteiger partial charge on any atom is -0.423 e. The molecule has 3 N–H and O–H groups in total. The standard InChI is InChI=1S/C15H15N3O/c1-9-4-3-5-12(10(9)2)17-15-18-13-8-11(16)6-7-14(13)19-15/h3-8H,16H2,1-2H3,(H,17,18). The summed E-state index contributed by atoms with van der Waals surface area (Å²) >= 11 is 0. The number of anilines is 3. The number of nitrogens with one attached hydrogen (secondary N) is 1. The average Bonchev–Trinajstić information content (AvgIpc) is 2.76. The predicted octanol–water partition coefficient (Wildman–Crippen LogP) is 3.77. The van der Waals surface area contributed by atoms with E-state index in [1.807, 2.05) is 18.2 Å². The summed E-state index contributed by atoms with van der Waals surface area (Å²) in [6, 6.07) is 12.0. The van der Waals surface area contributed by atoms with Gasteiger partial charge in [0, 0.05) is 11.4 Å². The molecule has 0 unspecified atom stereocenters. The zero-order valence-electron chi connectivity index (χ0n) is 10.9. The third-order valence-electron chi connectivity index (χ3n) is 3.26. The number of fused-ring (bicyclic) bond motifs is 1. The number of nitrogen functional groups attached to an aromatic ring is 1. The number of aromatic nitrogens is 1. The van der Waals surface area contributed by atoms with Gasteiger partial charge in [-0.2, -0.15) is 4.98 Å². The first-order chi connectivity index (χ1) is 9.13. The molecule has 19 heavy (non-hydrogen) atoms. The monoisotopic (exact) mass is 253 g/mol. The van der Waals surface area contributed by atoms with Crippen molar-refractivity contribution in [3.63, 3.8) is 0 Å². The molecule has 0 amide bonds. The molecule has 0 radical (unpaired) electrons. The largest absolute Gasteiger partial charge is 0.423 e. The lowest BCUT2D eigenvalue weighted by Crippen LogP contribution is -1.94. The van der Waals surface area contributed by atoms with Gasteiger partial charge in [0.05, 0.1) is 0 Å². The first-order valence-corrected chi connectivity index (χ1v) is 6.13. The van der Waals surface area contributed by atoms with Crippen molar-refractivity contribution in [2.24, 2.45) is 0 Å². The third kappa shape index (κ3) is 2.12. The molecule has 3 aromatic rings. The van der Waals surface area contributed by atoms with Gasteiger partial charge in [-0.25, -0.2) is 0 Å². The molecule has 0 aliphatic heterocycles. The van der Waals surface area contributed by atoms with Gasteiger partial charge in [-0.05, 0) is 49.2 Å². The smallest absolute Gasteiger partial charge is 0.300 e. The van der Waals surface area contributed by atoms with Crippen LogP contribution in [0.15, 0.2) is 40.8 Å². The molecule has 0 fully saturated rings. The lowest BCUT2D eigenvalue weighted by Gasteiger charge is -2.07. The molecule has 0 spiro atoms. The van der Waals surface area contributed by atoms with Crippen molar-refractivity contribution in [3.05, 3.63) is 47.5 Å². The van der Waals surface area contributed by atoms with E-state index in [4.69, 9.17) is 10.2 Å². The quantitative estimate of drug-likeness (QED) is 0.682. The molecule has 2 aromatic carbocycles. The predicted molar refractivity (Wildman–Crippen MR) is 77.6 cm³/mol. The average molecular weight is 253 g/mol. The van der Waals surface area contributed by atoms with Crippen LogP contribution in [-0.2, 0) is 0 Å². The Morgan fingerprint density at radius 2 is 2.00 bits per heavy atom. The molecule has 3 rings (SSSR count). The van der Waals surface area contributed by atoms with Crippen molar-refractivity contribution in [3.8, 4) is 0 Å². The summed E-state index contributed by atoms with van der Waals surface area (Å²) < 4.78 is 5.64. The summed E-state index contributed by atoms with van der Waals surface area (Å²) in [5.74, 6) is 0. The molecule has 0 aliphatic carbocycles. The van der Waals surface area contributed by atoms with Gasteiger partial charge in [-0.15, -0.1) is 0 Å². The molecule has 1 aromatic heterocycles. The van der Waals surface area contributed by atoms with E-state index < -0.39 is 0 Å². The third-order valence-corrected chi connectivity index (χ3v) is 3.26. The minimum absolute atomic E-state index is 0.481. The lowest BCUT2D eigenvalue weighted by atomic mass is 10.1. The molecular formula is C15H15N3O. The Balaban J connectivity index is 1.99. The molecule has 0 aliphatic rings. The first kappa shape index (κ1) is 11.6. The number of hydrogen-bond acceptors (Lipinski definition) is 4. The fourth-order valence-electron chi connectivity index (χ4n) is 2.00. The summed E-state index contributed by atoms with van der Waals surface area (Å²) in [5, 5.41) is 3.20. The van der Waals surface area contributed by atoms with E-state index in [9.17, 15) is 0 Å². The highest BCUT2D eigenvalue weighted by Gasteiger charge is 2.08. The molecule has 1 heterocycles. The van der Waals surface area contributed by atoms with Crippen LogP contribution < -0.4 is 11.1 Å². The van der Waals surface area contributed by atoms with Crippen LogP contribution in [0.5, 0.6) is 0 Å². The van der Waals surface area contributed by atoms with Gasteiger partial charge < -0.3 is 15.5 Å². The van der Waals surface area contributed by atoms with Crippen LogP contribution in [0.1, 0.15) is 11.1 Å². The summed E-state index contributed by atoms with van der Waals surface area (Å²) in [5.41, 5.74) is 11.3. The van der Waals surface area contributed by atoms with Crippen molar-refractivity contribution in [1.82, 2.24) is 4.98 Å². The van der Waals surface area contributed by atoms with Gasteiger partial charge in [-0.1, -0.05) is 12.1 Å². The van der Waals surface area contributed by atoms with Gasteiger partial charge in [-0.3, -0.25) is 0 Å². The van der Waals surface area contributed by atoms with Crippen molar-refractivity contribution >= 4 is 28.5 Å². The van der Waals surface area contributed by atoms with Crippen molar-refractivity contribution in [2.75, 3.05) is 11.1 Å². The molecule has 4 nitrogen and oxygen atoms in total. The highest BCUT2D eigenvalue weighted by atomic mass is 16.4. The van der Waals surface area contributed by atoms with Crippen LogP contribution in [-0.4, -0.2) is 4.98 Å². The summed E-state index contributed by atoms with van der Waals surface area (Å²) in [4.78, 5) is 4.38. The second kappa shape index (κ2) is 4.31. The SMILES string of the molecule is Cc1cccc(Nc2nc3cc(N)ccc3o2)c1C. The number of benzene rings is 2. The molecule has 0 bridgehead atoms. The molecule has 4 heteroatoms. The Hall–Kier alpha value is -2.49. The number of aryl methyl sites for hydroxylation is 1. The van der Waals surface area contributed by atoms with E-state index in [1.54, 1.807) is 12.1 Å². The summed E-state index contributed by atoms with van der Waals surface area (Å²) in [6.45, 7) is 4.14. The lowest BCUT2D eigenvalue weighted by molar-refractivity contribution is 0.623. The van der Waals surface area contributed by atoms with E-state index in [2.05, 4.69) is 30.2 Å². The van der Waals surface area contributed by atoms with E-state index in [0.717, 1.165) is 16.8 Å². The van der Waals surface area contributed by atoms with Gasteiger partial charge in [0.1, 0.15) is 5.52 Å². The van der Waals surface area contributed by atoms with Crippen LogP contribution in [0.3, 0.4) is 0 Å². The number of nitrogens with zero attached hydrogens (tertiary/aromatic N) is 1. The van der Waals surface area contributed by atoms with Gasteiger partial charge in [0.15, 0.2) is 5.58 Å². The molecule has 0 atom stereocenters. The van der Waals surface area contributed by atoms with Gasteiger partial charge in [0.25, 0.3) is 6.01 Å². The van der Waals surface area contributed by atoms with Crippen LogP contribution in [0, 0.1) is 13.8 Å². The maximum Gasteiger partial charge on any atom is 0.300 e.